The summed E-state index contributed by atoms with van der Waals surface area (Å²) in [6.07, 6.45) is 3.26. The molecule has 0 aliphatic rings. The molecule has 1 heterocycles. The van der Waals surface area contributed by atoms with Crippen molar-refractivity contribution >= 4 is 17.6 Å². The molecule has 0 radical (unpaired) electrons. The maximum atomic E-state index is 5.24. The van der Waals surface area contributed by atoms with Crippen molar-refractivity contribution in [3.05, 3.63) is 30.9 Å². The van der Waals surface area contributed by atoms with E-state index in [0.717, 1.165) is 5.71 Å². The molecule has 0 aliphatic heterocycles. The minimum absolute atomic E-state index is 0.560. The number of hydrogen-bond donors (Lipinski definition) is 0. The van der Waals surface area contributed by atoms with Gasteiger partial charge in [-0.15, -0.1) is 0 Å². The Bertz CT molecular complexity index is 361. The van der Waals surface area contributed by atoms with Gasteiger partial charge >= 0.3 is 0 Å². The quantitative estimate of drug-likeness (QED) is 0.664. The Morgan fingerprint density at radius 2 is 2.23 bits per heavy atom. The maximum Gasteiger partial charge on any atom is 0.198 e. The average Bonchev–Trinajstić information content (AvgIpc) is 2.46. The summed E-state index contributed by atoms with van der Waals surface area (Å²) in [4.78, 5) is 8.29. The lowest BCUT2D eigenvalue weighted by atomic mass is 10.4. The topological polar surface area (TPSA) is 38.4 Å². The van der Waals surface area contributed by atoms with Crippen LogP contribution >= 0.6 is 0 Å². The Morgan fingerprint density at radius 1 is 1.54 bits per heavy atom. The molecule has 1 aromatic rings. The molecule has 0 N–H and O–H groups in total. The van der Waals surface area contributed by atoms with E-state index in [4.69, 9.17) is 4.42 Å². The van der Waals surface area contributed by atoms with Gasteiger partial charge in [0.15, 0.2) is 17.5 Å². The van der Waals surface area contributed by atoms with E-state index in [1.807, 2.05) is 6.92 Å². The molecule has 1 rings (SSSR count). The van der Waals surface area contributed by atoms with Crippen molar-refractivity contribution in [2.24, 2.45) is 4.99 Å². The average molecular weight is 176 g/mol. The molecule has 0 atom stereocenters. The van der Waals surface area contributed by atoms with Crippen molar-refractivity contribution in [3.63, 3.8) is 0 Å². The summed E-state index contributed by atoms with van der Waals surface area (Å²) in [6.45, 7) is 10.8. The molecule has 13 heavy (non-hydrogen) atoms. The highest BCUT2D eigenvalue weighted by Gasteiger charge is 2.05. The van der Waals surface area contributed by atoms with Gasteiger partial charge in [0.1, 0.15) is 0 Å². The van der Waals surface area contributed by atoms with Crippen LogP contribution in [0.3, 0.4) is 0 Å². The smallest absolute Gasteiger partial charge is 0.198 e. The van der Waals surface area contributed by atoms with E-state index in [-0.39, 0.29) is 0 Å². The molecule has 68 valence electrons. The van der Waals surface area contributed by atoms with Crippen LogP contribution in [-0.2, 0) is 0 Å². The first-order valence-corrected chi connectivity index (χ1v) is 3.95. The summed E-state index contributed by atoms with van der Waals surface area (Å²) in [5.41, 5.74) is 0.802. The first kappa shape index (κ1) is 9.45. The summed E-state index contributed by atoms with van der Waals surface area (Å²) >= 11 is 0. The normalized spacial score (nSPS) is 11.4. The number of aliphatic imine (C=N–C) groups is 1. The number of oxazole rings is 1. The zero-order valence-corrected chi connectivity index (χ0v) is 7.87. The summed E-state index contributed by atoms with van der Waals surface area (Å²) in [7, 11) is 0. The second-order valence-corrected chi connectivity index (χ2v) is 2.58. The van der Waals surface area contributed by atoms with Crippen LogP contribution in [0.25, 0.3) is 6.08 Å². The third-order valence-corrected chi connectivity index (χ3v) is 1.50. The first-order chi connectivity index (χ1) is 6.17. The molecule has 0 aromatic carbocycles. The summed E-state index contributed by atoms with van der Waals surface area (Å²) < 4.78 is 5.24. The van der Waals surface area contributed by atoms with Crippen molar-refractivity contribution in [1.82, 2.24) is 4.98 Å². The fourth-order valence-corrected chi connectivity index (χ4v) is 0.858. The monoisotopic (exact) mass is 176 g/mol. The van der Waals surface area contributed by atoms with E-state index >= 15 is 0 Å². The highest BCUT2D eigenvalue weighted by atomic mass is 16.4. The van der Waals surface area contributed by atoms with E-state index < -0.39 is 0 Å². The van der Waals surface area contributed by atoms with Crippen molar-refractivity contribution < 1.29 is 4.42 Å². The molecular formula is C10H12N2O. The van der Waals surface area contributed by atoms with E-state index in [0.29, 0.717) is 17.5 Å². The maximum absolute atomic E-state index is 5.24. The Morgan fingerprint density at radius 3 is 2.77 bits per heavy atom. The largest absolute Gasteiger partial charge is 0.439 e. The van der Waals surface area contributed by atoms with Crippen LogP contribution in [0.4, 0.5) is 5.82 Å². The minimum Gasteiger partial charge on any atom is -0.439 e. The summed E-state index contributed by atoms with van der Waals surface area (Å²) in [5.74, 6) is 1.74. The van der Waals surface area contributed by atoms with Crippen LogP contribution in [0.2, 0.25) is 0 Å². The number of hydrogen-bond acceptors (Lipinski definition) is 3. The Hall–Kier alpha value is -1.64. The van der Waals surface area contributed by atoms with Gasteiger partial charge in [-0.2, -0.15) is 4.98 Å². The SMILES string of the molecule is C=C/C(C)=N\c1nc(C)oc1C=C. The van der Waals surface area contributed by atoms with Gasteiger partial charge in [-0.25, -0.2) is 4.99 Å². The van der Waals surface area contributed by atoms with Gasteiger partial charge in [0, 0.05) is 12.6 Å². The lowest BCUT2D eigenvalue weighted by molar-refractivity contribution is 0.513. The highest BCUT2D eigenvalue weighted by molar-refractivity contribution is 5.94. The second kappa shape index (κ2) is 3.85. The van der Waals surface area contributed by atoms with Gasteiger partial charge in [-0.1, -0.05) is 13.2 Å². The zero-order chi connectivity index (χ0) is 9.84. The van der Waals surface area contributed by atoms with Crippen molar-refractivity contribution in [2.45, 2.75) is 13.8 Å². The van der Waals surface area contributed by atoms with Crippen LogP contribution in [0.15, 0.2) is 28.6 Å². The van der Waals surface area contributed by atoms with Gasteiger partial charge in [-0.3, -0.25) is 0 Å². The van der Waals surface area contributed by atoms with E-state index in [1.54, 1.807) is 19.1 Å². The Balaban J connectivity index is 3.13. The Labute approximate surface area is 77.5 Å². The van der Waals surface area contributed by atoms with Crippen LogP contribution in [0.1, 0.15) is 18.6 Å². The minimum atomic E-state index is 0.560. The number of aromatic nitrogens is 1. The summed E-state index contributed by atoms with van der Waals surface area (Å²) in [5, 5.41) is 0. The van der Waals surface area contributed by atoms with Gasteiger partial charge in [0.2, 0.25) is 0 Å². The molecule has 0 spiro atoms. The van der Waals surface area contributed by atoms with Gasteiger partial charge in [-0.05, 0) is 19.1 Å². The fourth-order valence-electron chi connectivity index (χ4n) is 0.858. The number of allylic oxidation sites excluding steroid dienone is 1. The van der Waals surface area contributed by atoms with Gasteiger partial charge < -0.3 is 4.42 Å². The molecule has 1 aromatic heterocycles. The molecule has 0 bridgehead atoms. The molecule has 0 saturated carbocycles. The fraction of sp³-hybridized carbons (Fsp3) is 0.200. The molecule has 3 nitrogen and oxygen atoms in total. The molecule has 0 saturated heterocycles. The number of rotatable bonds is 3. The highest BCUT2D eigenvalue weighted by Crippen LogP contribution is 2.20. The van der Waals surface area contributed by atoms with Crippen LogP contribution in [0, 0.1) is 6.92 Å². The predicted molar refractivity (Wildman–Crippen MR) is 54.3 cm³/mol. The van der Waals surface area contributed by atoms with Crippen LogP contribution < -0.4 is 0 Å². The van der Waals surface area contributed by atoms with E-state index in [1.165, 1.54) is 0 Å². The van der Waals surface area contributed by atoms with Crippen molar-refractivity contribution in [2.75, 3.05) is 0 Å². The summed E-state index contributed by atoms with van der Waals surface area (Å²) in [6, 6.07) is 0. The molecule has 3 heteroatoms. The lowest BCUT2D eigenvalue weighted by Gasteiger charge is -1.89. The first-order valence-electron chi connectivity index (χ1n) is 3.95. The van der Waals surface area contributed by atoms with Crippen molar-refractivity contribution in [3.8, 4) is 0 Å². The second-order valence-electron chi connectivity index (χ2n) is 2.58. The molecular weight excluding hydrogens is 164 g/mol. The third-order valence-electron chi connectivity index (χ3n) is 1.50. The molecule has 0 fully saturated rings. The van der Waals surface area contributed by atoms with Gasteiger partial charge in [0.05, 0.1) is 0 Å². The number of nitrogens with zero attached hydrogens (tertiary/aromatic N) is 2. The molecule has 0 aliphatic carbocycles. The standard InChI is InChI=1S/C10H12N2O/c1-5-7(3)11-10-9(6-2)13-8(4)12-10/h5-6H,1-2H2,3-4H3/b11-7-. The molecule has 0 unspecified atom stereocenters. The van der Waals surface area contributed by atoms with Crippen molar-refractivity contribution in [1.29, 1.82) is 0 Å². The Kier molecular flexibility index (Phi) is 2.80. The van der Waals surface area contributed by atoms with Crippen LogP contribution in [-0.4, -0.2) is 10.7 Å². The van der Waals surface area contributed by atoms with Gasteiger partial charge in [0.25, 0.3) is 0 Å². The molecule has 0 amide bonds. The third kappa shape index (κ3) is 2.15. The zero-order valence-electron chi connectivity index (χ0n) is 7.87. The number of aryl methyl sites for hydroxylation is 1. The van der Waals surface area contributed by atoms with E-state index in [2.05, 4.69) is 23.1 Å². The van der Waals surface area contributed by atoms with Crippen LogP contribution in [0.5, 0.6) is 0 Å². The lowest BCUT2D eigenvalue weighted by Crippen LogP contribution is -1.81. The van der Waals surface area contributed by atoms with E-state index in [9.17, 15) is 0 Å². The predicted octanol–water partition coefficient (Wildman–Crippen LogP) is 2.90.